The van der Waals surface area contributed by atoms with Crippen molar-refractivity contribution in [2.24, 2.45) is 5.84 Å². The number of hydrogen-bond acceptors (Lipinski definition) is 2. The molecule has 0 aliphatic carbocycles. The molecule has 0 aliphatic heterocycles. The molecular weight excluding hydrogens is 229 g/mol. The molecule has 0 amide bonds. The molecule has 1 aromatic rings. The summed E-state index contributed by atoms with van der Waals surface area (Å²) in [5.74, 6) is 5.34. The molecular formula is C12H15F3N2. The second-order valence-electron chi connectivity index (χ2n) is 3.71. The Hall–Kier alpha value is -1.33. The minimum absolute atomic E-state index is 0.296. The number of allylic oxidation sites excluding steroid dienone is 1. The standard InChI is InChI=1S/C12H15F3N2/c1-2-3-7-11(17-16)9-5-4-6-10(8-9)12(13,14)15/h2,4-6,8,11,17H,1,3,7,16H2. The van der Waals surface area contributed by atoms with Crippen LogP contribution in [0.15, 0.2) is 36.9 Å². The highest BCUT2D eigenvalue weighted by Crippen LogP contribution is 2.31. The lowest BCUT2D eigenvalue weighted by Gasteiger charge is -2.17. The largest absolute Gasteiger partial charge is 0.416 e. The Kier molecular flexibility index (Phi) is 4.72. The van der Waals surface area contributed by atoms with Crippen molar-refractivity contribution in [3.63, 3.8) is 0 Å². The zero-order valence-electron chi connectivity index (χ0n) is 9.30. The van der Waals surface area contributed by atoms with Gasteiger partial charge >= 0.3 is 6.18 Å². The SMILES string of the molecule is C=CCCC(NN)c1cccc(C(F)(F)F)c1. The molecule has 2 nitrogen and oxygen atoms in total. The van der Waals surface area contributed by atoms with Gasteiger partial charge in [0.25, 0.3) is 0 Å². The molecule has 0 saturated heterocycles. The van der Waals surface area contributed by atoms with Crippen LogP contribution in [0.2, 0.25) is 0 Å². The topological polar surface area (TPSA) is 38.0 Å². The third kappa shape index (κ3) is 3.87. The Balaban J connectivity index is 2.92. The van der Waals surface area contributed by atoms with E-state index in [1.54, 1.807) is 12.1 Å². The quantitative estimate of drug-likeness (QED) is 0.474. The molecule has 5 heteroatoms. The molecule has 0 fully saturated rings. The predicted octanol–water partition coefficient (Wildman–Crippen LogP) is 3.18. The van der Waals surface area contributed by atoms with Crippen molar-refractivity contribution in [3.8, 4) is 0 Å². The Morgan fingerprint density at radius 2 is 2.12 bits per heavy atom. The molecule has 0 spiro atoms. The van der Waals surface area contributed by atoms with Crippen LogP contribution in [0.25, 0.3) is 0 Å². The maximum Gasteiger partial charge on any atom is 0.416 e. The molecule has 0 heterocycles. The Morgan fingerprint density at radius 1 is 1.41 bits per heavy atom. The van der Waals surface area contributed by atoms with Gasteiger partial charge in [-0.3, -0.25) is 11.3 Å². The molecule has 1 rings (SSSR count). The first kappa shape index (κ1) is 13.7. The number of nitrogens with two attached hydrogens (primary N) is 1. The molecule has 0 saturated carbocycles. The summed E-state index contributed by atoms with van der Waals surface area (Å²) >= 11 is 0. The average molecular weight is 244 g/mol. The van der Waals surface area contributed by atoms with Crippen LogP contribution in [0, 0.1) is 0 Å². The molecule has 17 heavy (non-hydrogen) atoms. The lowest BCUT2D eigenvalue weighted by Crippen LogP contribution is -2.28. The predicted molar refractivity (Wildman–Crippen MR) is 60.9 cm³/mol. The monoisotopic (exact) mass is 244 g/mol. The second-order valence-corrected chi connectivity index (χ2v) is 3.71. The van der Waals surface area contributed by atoms with Gasteiger partial charge in [-0.05, 0) is 30.5 Å². The third-order valence-electron chi connectivity index (χ3n) is 2.48. The van der Waals surface area contributed by atoms with E-state index in [1.807, 2.05) is 0 Å². The highest BCUT2D eigenvalue weighted by molar-refractivity contribution is 5.28. The van der Waals surface area contributed by atoms with Gasteiger partial charge in [-0.25, -0.2) is 0 Å². The number of halogens is 3. The average Bonchev–Trinajstić information content (AvgIpc) is 2.29. The first-order chi connectivity index (χ1) is 7.99. The van der Waals surface area contributed by atoms with Gasteiger partial charge in [0.05, 0.1) is 5.56 Å². The molecule has 3 N–H and O–H groups in total. The van der Waals surface area contributed by atoms with Gasteiger partial charge < -0.3 is 0 Å². The summed E-state index contributed by atoms with van der Waals surface area (Å²) in [7, 11) is 0. The van der Waals surface area contributed by atoms with E-state index in [0.717, 1.165) is 12.1 Å². The molecule has 1 atom stereocenters. The molecule has 94 valence electrons. The first-order valence-corrected chi connectivity index (χ1v) is 5.23. The van der Waals surface area contributed by atoms with E-state index in [9.17, 15) is 13.2 Å². The van der Waals surface area contributed by atoms with Gasteiger partial charge in [0.1, 0.15) is 0 Å². The number of hydrazine groups is 1. The van der Waals surface area contributed by atoms with Crippen molar-refractivity contribution >= 4 is 0 Å². The Morgan fingerprint density at radius 3 is 2.65 bits per heavy atom. The van der Waals surface area contributed by atoms with Gasteiger partial charge in [-0.15, -0.1) is 6.58 Å². The minimum Gasteiger partial charge on any atom is -0.271 e. The minimum atomic E-state index is -4.33. The molecule has 0 radical (unpaired) electrons. The van der Waals surface area contributed by atoms with E-state index >= 15 is 0 Å². The fourth-order valence-corrected chi connectivity index (χ4v) is 1.56. The number of hydrogen-bond donors (Lipinski definition) is 2. The maximum absolute atomic E-state index is 12.5. The van der Waals surface area contributed by atoms with E-state index in [1.165, 1.54) is 6.07 Å². The number of benzene rings is 1. The lowest BCUT2D eigenvalue weighted by molar-refractivity contribution is -0.137. The van der Waals surface area contributed by atoms with Crippen molar-refractivity contribution in [2.45, 2.75) is 25.1 Å². The van der Waals surface area contributed by atoms with Gasteiger partial charge in [-0.2, -0.15) is 13.2 Å². The number of alkyl halides is 3. The van der Waals surface area contributed by atoms with Crippen molar-refractivity contribution in [1.29, 1.82) is 0 Å². The fraction of sp³-hybridized carbons (Fsp3) is 0.333. The fourth-order valence-electron chi connectivity index (χ4n) is 1.56. The first-order valence-electron chi connectivity index (χ1n) is 5.23. The van der Waals surface area contributed by atoms with E-state index in [4.69, 9.17) is 5.84 Å². The second kappa shape index (κ2) is 5.84. The van der Waals surface area contributed by atoms with Crippen LogP contribution in [0.1, 0.15) is 30.0 Å². The van der Waals surface area contributed by atoms with Crippen LogP contribution in [-0.4, -0.2) is 0 Å². The molecule has 0 aromatic heterocycles. The van der Waals surface area contributed by atoms with Crippen LogP contribution in [0.5, 0.6) is 0 Å². The van der Waals surface area contributed by atoms with Gasteiger partial charge in [0.2, 0.25) is 0 Å². The van der Waals surface area contributed by atoms with Gasteiger partial charge in [-0.1, -0.05) is 18.2 Å². The number of nitrogens with one attached hydrogen (secondary N) is 1. The summed E-state index contributed by atoms with van der Waals surface area (Å²) < 4.78 is 37.6. The zero-order chi connectivity index (χ0) is 12.9. The normalized spacial score (nSPS) is 13.4. The summed E-state index contributed by atoms with van der Waals surface area (Å²) in [5.41, 5.74) is 2.39. The summed E-state index contributed by atoms with van der Waals surface area (Å²) in [6.07, 6.45) is -1.32. The van der Waals surface area contributed by atoms with Crippen molar-refractivity contribution in [2.75, 3.05) is 0 Å². The Bertz CT molecular complexity index is 374. The summed E-state index contributed by atoms with van der Waals surface area (Å²) in [6, 6.07) is 4.88. The molecule has 0 bridgehead atoms. The van der Waals surface area contributed by atoms with E-state index in [0.29, 0.717) is 18.4 Å². The molecule has 0 aliphatic rings. The van der Waals surface area contributed by atoms with Crippen molar-refractivity contribution < 1.29 is 13.2 Å². The van der Waals surface area contributed by atoms with E-state index in [-0.39, 0.29) is 6.04 Å². The zero-order valence-corrected chi connectivity index (χ0v) is 9.30. The van der Waals surface area contributed by atoms with Gasteiger partial charge in [0, 0.05) is 6.04 Å². The Labute approximate surface area is 98.3 Å². The smallest absolute Gasteiger partial charge is 0.271 e. The van der Waals surface area contributed by atoms with E-state index < -0.39 is 11.7 Å². The lowest BCUT2D eigenvalue weighted by atomic mass is 10.0. The van der Waals surface area contributed by atoms with Crippen LogP contribution in [-0.2, 0) is 6.18 Å². The van der Waals surface area contributed by atoms with Gasteiger partial charge in [0.15, 0.2) is 0 Å². The summed E-state index contributed by atoms with van der Waals surface area (Å²) in [5, 5.41) is 0. The summed E-state index contributed by atoms with van der Waals surface area (Å²) in [4.78, 5) is 0. The van der Waals surface area contributed by atoms with Crippen molar-refractivity contribution in [3.05, 3.63) is 48.0 Å². The van der Waals surface area contributed by atoms with Crippen LogP contribution >= 0.6 is 0 Å². The van der Waals surface area contributed by atoms with Crippen molar-refractivity contribution in [1.82, 2.24) is 5.43 Å². The summed E-state index contributed by atoms with van der Waals surface area (Å²) in [6.45, 7) is 3.57. The highest BCUT2D eigenvalue weighted by atomic mass is 19.4. The van der Waals surface area contributed by atoms with Crippen LogP contribution < -0.4 is 11.3 Å². The highest BCUT2D eigenvalue weighted by Gasteiger charge is 2.30. The molecule has 1 unspecified atom stereocenters. The van der Waals surface area contributed by atoms with Crippen LogP contribution in [0.4, 0.5) is 13.2 Å². The third-order valence-corrected chi connectivity index (χ3v) is 2.48. The van der Waals surface area contributed by atoms with E-state index in [2.05, 4.69) is 12.0 Å². The maximum atomic E-state index is 12.5. The molecule has 1 aromatic carbocycles. The van der Waals surface area contributed by atoms with Crippen LogP contribution in [0.3, 0.4) is 0 Å². The number of rotatable bonds is 5.